The van der Waals surface area contributed by atoms with Gasteiger partial charge in [0.15, 0.2) is 0 Å². The van der Waals surface area contributed by atoms with Crippen molar-refractivity contribution in [3.63, 3.8) is 0 Å². The van der Waals surface area contributed by atoms with Crippen LogP contribution in [0.2, 0.25) is 0 Å². The molecule has 0 saturated carbocycles. The molecule has 0 bridgehead atoms. The number of benzene rings is 1. The number of anilines is 1. The highest BCUT2D eigenvalue weighted by molar-refractivity contribution is 5.88. The summed E-state index contributed by atoms with van der Waals surface area (Å²) in [5.41, 5.74) is 10.8. The number of aliphatic carboxylic acids is 1. The van der Waals surface area contributed by atoms with E-state index in [2.05, 4.69) is 10.9 Å². The van der Waals surface area contributed by atoms with Gasteiger partial charge < -0.3 is 15.9 Å². The van der Waals surface area contributed by atoms with Crippen molar-refractivity contribution in [1.82, 2.24) is 5.43 Å². The molecule has 0 spiro atoms. The minimum atomic E-state index is -1.16. The molecule has 0 heterocycles. The van der Waals surface area contributed by atoms with E-state index >= 15 is 0 Å². The molecule has 6 N–H and O–H groups in total. The number of nitrogens with two attached hydrogens (primary N) is 1. The van der Waals surface area contributed by atoms with Crippen LogP contribution < -0.4 is 16.6 Å². The van der Waals surface area contributed by atoms with E-state index in [0.717, 1.165) is 0 Å². The summed E-state index contributed by atoms with van der Waals surface area (Å²) in [6.07, 6.45) is -0.00548. The first-order valence-corrected chi connectivity index (χ1v) is 5.76. The normalized spacial score (nSPS) is 11.4. The fourth-order valence-corrected chi connectivity index (χ4v) is 1.31. The molecule has 1 rings (SSSR count). The van der Waals surface area contributed by atoms with Crippen LogP contribution in [0.4, 0.5) is 5.69 Å². The van der Waals surface area contributed by atoms with Crippen LogP contribution in [0.25, 0.3) is 0 Å². The first-order chi connectivity index (χ1) is 9.40. The van der Waals surface area contributed by atoms with Gasteiger partial charge in [0.2, 0.25) is 5.91 Å². The summed E-state index contributed by atoms with van der Waals surface area (Å²) in [5, 5.41) is 17.3. The van der Waals surface area contributed by atoms with Crippen LogP contribution in [0, 0.1) is 0 Å². The summed E-state index contributed by atoms with van der Waals surface area (Å²) in [5.74, 6) is -2.61. The second kappa shape index (κ2) is 7.10. The van der Waals surface area contributed by atoms with Crippen molar-refractivity contribution in [2.75, 3.05) is 5.43 Å². The molecular weight excluding hydrogens is 266 g/mol. The zero-order valence-electron chi connectivity index (χ0n) is 10.5. The number of carboxylic acids is 2. The van der Waals surface area contributed by atoms with Gasteiger partial charge in [0.25, 0.3) is 0 Å². The standard InChI is InChI=1S/C12H15N3O5/c13-9(12(19)20)5-6-10(16)15-14-8-3-1-7(2-4-8)11(17)18/h1-4,9,14H,5-6,13H2,(H,15,16)(H,17,18)(H,19,20). The van der Waals surface area contributed by atoms with E-state index in [4.69, 9.17) is 15.9 Å². The average Bonchev–Trinajstić information content (AvgIpc) is 2.42. The molecule has 0 aliphatic carbocycles. The van der Waals surface area contributed by atoms with E-state index in [-0.39, 0.29) is 18.4 Å². The Bertz CT molecular complexity index is 500. The lowest BCUT2D eigenvalue weighted by Gasteiger charge is -2.09. The first-order valence-electron chi connectivity index (χ1n) is 5.76. The third-order valence-corrected chi connectivity index (χ3v) is 2.48. The second-order valence-electron chi connectivity index (χ2n) is 4.04. The van der Waals surface area contributed by atoms with Gasteiger partial charge in [-0.25, -0.2) is 4.79 Å². The Morgan fingerprint density at radius 1 is 1.15 bits per heavy atom. The Labute approximate surface area is 114 Å². The van der Waals surface area contributed by atoms with Crippen molar-refractivity contribution in [2.24, 2.45) is 5.73 Å². The van der Waals surface area contributed by atoms with Crippen LogP contribution >= 0.6 is 0 Å². The molecule has 108 valence electrons. The molecule has 0 saturated heterocycles. The lowest BCUT2D eigenvalue weighted by Crippen LogP contribution is -2.34. The molecule has 8 heteroatoms. The van der Waals surface area contributed by atoms with Gasteiger partial charge in [-0.3, -0.25) is 20.4 Å². The van der Waals surface area contributed by atoms with Crippen molar-refractivity contribution in [3.05, 3.63) is 29.8 Å². The van der Waals surface area contributed by atoms with E-state index in [1.807, 2.05) is 0 Å². The van der Waals surface area contributed by atoms with E-state index in [1.165, 1.54) is 24.3 Å². The number of nitrogens with one attached hydrogen (secondary N) is 2. The van der Waals surface area contributed by atoms with Crippen molar-refractivity contribution in [1.29, 1.82) is 0 Å². The van der Waals surface area contributed by atoms with Crippen LogP contribution in [-0.2, 0) is 9.59 Å². The Kier molecular flexibility index (Phi) is 5.48. The Morgan fingerprint density at radius 3 is 2.25 bits per heavy atom. The quantitative estimate of drug-likeness (QED) is 0.443. The Morgan fingerprint density at radius 2 is 1.75 bits per heavy atom. The number of rotatable bonds is 7. The monoisotopic (exact) mass is 281 g/mol. The molecule has 1 aromatic carbocycles. The van der Waals surface area contributed by atoms with Gasteiger partial charge in [0.1, 0.15) is 6.04 Å². The molecule has 1 atom stereocenters. The number of amides is 1. The summed E-state index contributed by atoms with van der Waals surface area (Å²) in [7, 11) is 0. The third kappa shape index (κ3) is 4.94. The number of aromatic carboxylic acids is 1. The van der Waals surface area contributed by atoms with Crippen LogP contribution in [0.1, 0.15) is 23.2 Å². The third-order valence-electron chi connectivity index (χ3n) is 2.48. The predicted molar refractivity (Wildman–Crippen MR) is 70.0 cm³/mol. The maximum absolute atomic E-state index is 11.4. The van der Waals surface area contributed by atoms with Crippen LogP contribution in [0.3, 0.4) is 0 Å². The molecule has 0 fully saturated rings. The zero-order valence-corrected chi connectivity index (χ0v) is 10.5. The van der Waals surface area contributed by atoms with Crippen molar-refractivity contribution in [2.45, 2.75) is 18.9 Å². The fourth-order valence-electron chi connectivity index (χ4n) is 1.31. The van der Waals surface area contributed by atoms with Gasteiger partial charge in [-0.15, -0.1) is 0 Å². The van der Waals surface area contributed by atoms with Crippen LogP contribution in [0.15, 0.2) is 24.3 Å². The summed E-state index contributed by atoms with van der Waals surface area (Å²) >= 11 is 0. The van der Waals surface area contributed by atoms with E-state index in [1.54, 1.807) is 0 Å². The number of carbonyl (C=O) groups is 3. The molecule has 0 aromatic heterocycles. The van der Waals surface area contributed by atoms with Gasteiger partial charge in [-0.05, 0) is 30.7 Å². The highest BCUT2D eigenvalue weighted by Gasteiger charge is 2.13. The van der Waals surface area contributed by atoms with Gasteiger partial charge in [0.05, 0.1) is 11.3 Å². The van der Waals surface area contributed by atoms with Gasteiger partial charge in [0, 0.05) is 6.42 Å². The van der Waals surface area contributed by atoms with Crippen LogP contribution in [0.5, 0.6) is 0 Å². The van der Waals surface area contributed by atoms with Gasteiger partial charge >= 0.3 is 11.9 Å². The van der Waals surface area contributed by atoms with E-state index in [0.29, 0.717) is 5.69 Å². The maximum Gasteiger partial charge on any atom is 0.335 e. The fraction of sp³-hybridized carbons (Fsp3) is 0.250. The average molecular weight is 281 g/mol. The molecule has 20 heavy (non-hydrogen) atoms. The predicted octanol–water partition coefficient (Wildman–Crippen LogP) is 0.0200. The summed E-state index contributed by atoms with van der Waals surface area (Å²) < 4.78 is 0. The molecular formula is C12H15N3O5. The van der Waals surface area contributed by atoms with Crippen molar-refractivity contribution in [3.8, 4) is 0 Å². The molecule has 1 unspecified atom stereocenters. The molecule has 8 nitrogen and oxygen atoms in total. The molecule has 1 amide bonds. The number of hydrazine groups is 1. The topological polar surface area (TPSA) is 142 Å². The minimum absolute atomic E-state index is 0.0286. The highest BCUT2D eigenvalue weighted by Crippen LogP contribution is 2.08. The van der Waals surface area contributed by atoms with Crippen LogP contribution in [-0.4, -0.2) is 34.1 Å². The molecule has 1 aromatic rings. The number of carbonyl (C=O) groups excluding carboxylic acids is 1. The lowest BCUT2D eigenvalue weighted by molar-refractivity contribution is -0.138. The largest absolute Gasteiger partial charge is 0.480 e. The van der Waals surface area contributed by atoms with E-state index in [9.17, 15) is 14.4 Å². The van der Waals surface area contributed by atoms with Crippen molar-refractivity contribution >= 4 is 23.5 Å². The first kappa shape index (κ1) is 15.4. The number of hydrogen-bond donors (Lipinski definition) is 5. The summed E-state index contributed by atoms with van der Waals surface area (Å²) in [6.45, 7) is 0. The molecule has 0 radical (unpaired) electrons. The van der Waals surface area contributed by atoms with Crippen molar-refractivity contribution < 1.29 is 24.6 Å². The Hall–Kier alpha value is -2.61. The highest BCUT2D eigenvalue weighted by atomic mass is 16.4. The van der Waals surface area contributed by atoms with Gasteiger partial charge in [-0.1, -0.05) is 0 Å². The number of hydrogen-bond acceptors (Lipinski definition) is 5. The molecule has 0 aliphatic heterocycles. The van der Waals surface area contributed by atoms with Gasteiger partial charge in [-0.2, -0.15) is 0 Å². The summed E-state index contributed by atoms with van der Waals surface area (Å²) in [4.78, 5) is 32.5. The minimum Gasteiger partial charge on any atom is -0.480 e. The zero-order chi connectivity index (χ0) is 15.1. The Balaban J connectivity index is 2.37. The number of carboxylic acid groups (broad SMARTS) is 2. The SMILES string of the molecule is NC(CCC(=O)NNc1ccc(C(=O)O)cc1)C(=O)O. The molecule has 0 aliphatic rings. The summed E-state index contributed by atoms with van der Waals surface area (Å²) in [6, 6.07) is 4.68. The smallest absolute Gasteiger partial charge is 0.335 e. The maximum atomic E-state index is 11.4. The lowest BCUT2D eigenvalue weighted by atomic mass is 10.1. The van der Waals surface area contributed by atoms with E-state index < -0.39 is 23.9 Å². The second-order valence-corrected chi connectivity index (χ2v) is 4.04.